The predicted octanol–water partition coefficient (Wildman–Crippen LogP) is 3.79. The van der Waals surface area contributed by atoms with E-state index in [2.05, 4.69) is 51.7 Å². The number of piperidine rings is 1. The number of rotatable bonds is 13. The highest BCUT2D eigenvalue weighted by molar-refractivity contribution is 14.0. The fourth-order valence-corrected chi connectivity index (χ4v) is 3.35. The molecule has 30 heavy (non-hydrogen) atoms. The van der Waals surface area contributed by atoms with Gasteiger partial charge in [-0.05, 0) is 43.5 Å². The first-order chi connectivity index (χ1) is 14.3. The predicted molar refractivity (Wildman–Crippen MR) is 136 cm³/mol. The lowest BCUT2D eigenvalue weighted by atomic mass is 10.1. The van der Waals surface area contributed by atoms with E-state index in [1.807, 2.05) is 0 Å². The molecule has 0 saturated carbocycles. The highest BCUT2D eigenvalue weighted by Crippen LogP contribution is 2.13. The number of guanidine groups is 1. The summed E-state index contributed by atoms with van der Waals surface area (Å²) >= 11 is 0. The zero-order chi connectivity index (χ0) is 20.6. The summed E-state index contributed by atoms with van der Waals surface area (Å²) in [5, 5.41) is 6.64. The lowest BCUT2D eigenvalue weighted by Gasteiger charge is -2.26. The van der Waals surface area contributed by atoms with Gasteiger partial charge in [0, 0.05) is 33.3 Å². The molecule has 0 bridgehead atoms. The average Bonchev–Trinajstić information content (AvgIpc) is 2.76. The van der Waals surface area contributed by atoms with Crippen LogP contribution in [0.25, 0.3) is 0 Å². The van der Waals surface area contributed by atoms with Crippen LogP contribution in [-0.2, 0) is 22.6 Å². The molecule has 1 saturated heterocycles. The third-order valence-electron chi connectivity index (χ3n) is 5.11. The molecule has 0 aromatic heterocycles. The Kier molecular flexibility index (Phi) is 16.1. The summed E-state index contributed by atoms with van der Waals surface area (Å²) in [6, 6.07) is 8.92. The van der Waals surface area contributed by atoms with Gasteiger partial charge in [0.2, 0.25) is 0 Å². The lowest BCUT2D eigenvalue weighted by Crippen LogP contribution is -2.38. The number of halogens is 1. The van der Waals surface area contributed by atoms with Crippen LogP contribution < -0.4 is 10.6 Å². The Morgan fingerprint density at radius 1 is 0.933 bits per heavy atom. The molecule has 172 valence electrons. The zero-order valence-electron chi connectivity index (χ0n) is 18.8. The molecule has 7 heteroatoms. The monoisotopic (exact) mass is 532 g/mol. The van der Waals surface area contributed by atoms with Crippen molar-refractivity contribution >= 4 is 29.9 Å². The van der Waals surface area contributed by atoms with Gasteiger partial charge in [-0.15, -0.1) is 24.0 Å². The Balaban J connectivity index is 0.00000450. The van der Waals surface area contributed by atoms with Crippen molar-refractivity contribution in [3.63, 3.8) is 0 Å². The third-order valence-corrected chi connectivity index (χ3v) is 5.11. The van der Waals surface area contributed by atoms with Crippen molar-refractivity contribution in [3.05, 3.63) is 35.4 Å². The van der Waals surface area contributed by atoms with E-state index in [0.717, 1.165) is 38.6 Å². The topological polar surface area (TPSA) is 58.1 Å². The first-order valence-corrected chi connectivity index (χ1v) is 11.2. The summed E-state index contributed by atoms with van der Waals surface area (Å²) in [5.74, 6) is 0.796. The van der Waals surface area contributed by atoms with E-state index in [-0.39, 0.29) is 24.0 Å². The van der Waals surface area contributed by atoms with Crippen molar-refractivity contribution < 1.29 is 9.47 Å². The smallest absolute Gasteiger partial charge is 0.191 e. The molecule has 6 nitrogen and oxygen atoms in total. The average molecular weight is 533 g/mol. The molecule has 0 radical (unpaired) electrons. The third kappa shape index (κ3) is 12.1. The number of likely N-dealkylation sites (tertiary alicyclic amines) is 1. The van der Waals surface area contributed by atoms with Gasteiger partial charge in [0.1, 0.15) is 0 Å². The number of hydrogen-bond donors (Lipinski definition) is 2. The Morgan fingerprint density at radius 3 is 2.27 bits per heavy atom. The van der Waals surface area contributed by atoms with E-state index >= 15 is 0 Å². The van der Waals surface area contributed by atoms with Crippen molar-refractivity contribution in [1.29, 1.82) is 0 Å². The Labute approximate surface area is 200 Å². The van der Waals surface area contributed by atoms with Crippen molar-refractivity contribution in [2.75, 3.05) is 53.1 Å². The summed E-state index contributed by atoms with van der Waals surface area (Å²) in [4.78, 5) is 6.83. The molecule has 0 spiro atoms. The number of aliphatic imine (C=N–C) groups is 1. The lowest BCUT2D eigenvalue weighted by molar-refractivity contribution is 0.0487. The van der Waals surface area contributed by atoms with E-state index in [1.165, 1.54) is 49.9 Å². The number of nitrogens with zero attached hydrogens (tertiary/aromatic N) is 2. The van der Waals surface area contributed by atoms with E-state index in [0.29, 0.717) is 19.8 Å². The maximum Gasteiger partial charge on any atom is 0.191 e. The molecule has 0 atom stereocenters. The van der Waals surface area contributed by atoms with E-state index < -0.39 is 0 Å². The first-order valence-electron chi connectivity index (χ1n) is 11.2. The number of hydrogen-bond acceptors (Lipinski definition) is 4. The van der Waals surface area contributed by atoms with Gasteiger partial charge in [-0.1, -0.05) is 44.0 Å². The SMILES string of the molecule is CCCCOCCOCCNC(=NC)NCc1ccc(CN2CCCCC2)cc1.I. The van der Waals surface area contributed by atoms with Crippen molar-refractivity contribution in [2.24, 2.45) is 4.99 Å². The Hall–Kier alpha value is -0.900. The van der Waals surface area contributed by atoms with Crippen LogP contribution in [0.15, 0.2) is 29.3 Å². The van der Waals surface area contributed by atoms with E-state index in [9.17, 15) is 0 Å². The normalized spacial score (nSPS) is 14.9. The van der Waals surface area contributed by atoms with Crippen LogP contribution in [0.3, 0.4) is 0 Å². The Bertz CT molecular complexity index is 563. The molecule has 1 fully saturated rings. The minimum Gasteiger partial charge on any atom is -0.379 e. The van der Waals surface area contributed by atoms with Gasteiger partial charge in [0.15, 0.2) is 5.96 Å². The largest absolute Gasteiger partial charge is 0.379 e. The maximum atomic E-state index is 5.57. The first kappa shape index (κ1) is 27.1. The minimum absolute atomic E-state index is 0. The van der Waals surface area contributed by atoms with Crippen molar-refractivity contribution in [1.82, 2.24) is 15.5 Å². The number of nitrogens with one attached hydrogen (secondary N) is 2. The van der Waals surface area contributed by atoms with Gasteiger partial charge in [0.25, 0.3) is 0 Å². The number of unbranched alkanes of at least 4 members (excludes halogenated alkanes) is 1. The van der Waals surface area contributed by atoms with E-state index in [4.69, 9.17) is 9.47 Å². The second-order valence-corrected chi connectivity index (χ2v) is 7.58. The van der Waals surface area contributed by atoms with Crippen molar-refractivity contribution in [2.45, 2.75) is 52.1 Å². The second kappa shape index (κ2) is 17.7. The van der Waals surface area contributed by atoms with Gasteiger partial charge in [-0.3, -0.25) is 9.89 Å². The molecule has 1 aromatic rings. The van der Waals surface area contributed by atoms with Gasteiger partial charge in [-0.2, -0.15) is 0 Å². The van der Waals surface area contributed by atoms with Gasteiger partial charge in [-0.25, -0.2) is 0 Å². The van der Waals surface area contributed by atoms with Crippen LogP contribution in [0.1, 0.15) is 50.2 Å². The van der Waals surface area contributed by atoms with Crippen LogP contribution in [0.5, 0.6) is 0 Å². The van der Waals surface area contributed by atoms with Crippen LogP contribution in [0, 0.1) is 0 Å². The van der Waals surface area contributed by atoms with Crippen LogP contribution in [0.4, 0.5) is 0 Å². The summed E-state index contributed by atoms with van der Waals surface area (Å²) in [5.41, 5.74) is 2.66. The molecule has 0 amide bonds. The molecular formula is C23H41IN4O2. The molecule has 1 heterocycles. The van der Waals surface area contributed by atoms with Crippen LogP contribution >= 0.6 is 24.0 Å². The Morgan fingerprint density at radius 2 is 1.60 bits per heavy atom. The minimum atomic E-state index is 0. The number of ether oxygens (including phenoxy) is 2. The molecule has 0 aliphatic carbocycles. The molecule has 1 aliphatic rings. The van der Waals surface area contributed by atoms with Gasteiger partial charge in [0.05, 0.1) is 19.8 Å². The standard InChI is InChI=1S/C23H40N4O2.HI/c1-3-4-15-28-17-18-29-16-12-25-23(24-2)26-19-21-8-10-22(11-9-21)20-27-13-6-5-7-14-27;/h8-11H,3-7,12-20H2,1-2H3,(H2,24,25,26);1H. The summed E-state index contributed by atoms with van der Waals surface area (Å²) < 4.78 is 11.0. The molecule has 1 aromatic carbocycles. The highest BCUT2D eigenvalue weighted by Gasteiger charge is 2.10. The van der Waals surface area contributed by atoms with Crippen LogP contribution in [0.2, 0.25) is 0 Å². The van der Waals surface area contributed by atoms with E-state index in [1.54, 1.807) is 7.05 Å². The quantitative estimate of drug-likeness (QED) is 0.175. The number of benzene rings is 1. The fourth-order valence-electron chi connectivity index (χ4n) is 3.35. The summed E-state index contributed by atoms with van der Waals surface area (Å²) in [6.45, 7) is 9.97. The maximum absolute atomic E-state index is 5.57. The van der Waals surface area contributed by atoms with Gasteiger partial charge < -0.3 is 20.1 Å². The fraction of sp³-hybridized carbons (Fsp3) is 0.696. The van der Waals surface area contributed by atoms with Crippen molar-refractivity contribution in [3.8, 4) is 0 Å². The highest BCUT2D eigenvalue weighted by atomic mass is 127. The van der Waals surface area contributed by atoms with Gasteiger partial charge >= 0.3 is 0 Å². The summed E-state index contributed by atoms with van der Waals surface area (Å²) in [6.07, 6.45) is 6.35. The van der Waals surface area contributed by atoms with Crippen LogP contribution in [-0.4, -0.2) is 64.0 Å². The molecule has 1 aliphatic heterocycles. The molecular weight excluding hydrogens is 491 g/mol. The summed E-state index contributed by atoms with van der Waals surface area (Å²) in [7, 11) is 1.79. The molecule has 2 N–H and O–H groups in total. The zero-order valence-corrected chi connectivity index (χ0v) is 21.2. The molecule has 0 unspecified atom stereocenters. The second-order valence-electron chi connectivity index (χ2n) is 7.58. The molecule has 2 rings (SSSR count).